The molecule has 0 aliphatic rings. The molecule has 1 aromatic carbocycles. The minimum atomic E-state index is -0.340. The first-order chi connectivity index (χ1) is 8.69. The summed E-state index contributed by atoms with van der Waals surface area (Å²) in [7, 11) is 1.47. The predicted molar refractivity (Wildman–Crippen MR) is 70.1 cm³/mol. The van der Waals surface area contributed by atoms with E-state index in [0.29, 0.717) is 6.61 Å². The van der Waals surface area contributed by atoms with Gasteiger partial charge in [-0.2, -0.15) is 0 Å². The molecule has 0 radical (unpaired) electrons. The van der Waals surface area contributed by atoms with Crippen molar-refractivity contribution in [2.75, 3.05) is 20.3 Å². The number of rotatable bonds is 8. The molecule has 0 aromatic heterocycles. The van der Waals surface area contributed by atoms with E-state index in [1.807, 2.05) is 6.92 Å². The van der Waals surface area contributed by atoms with Gasteiger partial charge in [-0.25, -0.2) is 4.39 Å². The Morgan fingerprint density at radius 1 is 1.50 bits per heavy atom. The van der Waals surface area contributed by atoms with Crippen LogP contribution in [0.25, 0.3) is 0 Å². The molecule has 0 aliphatic heterocycles. The third kappa shape index (κ3) is 4.37. The Morgan fingerprint density at radius 3 is 2.94 bits per heavy atom. The lowest BCUT2D eigenvalue weighted by molar-refractivity contribution is 0.243. The molecule has 1 atom stereocenters. The van der Waals surface area contributed by atoms with Crippen LogP contribution in [0, 0.1) is 5.82 Å². The van der Waals surface area contributed by atoms with Crippen molar-refractivity contribution < 1.29 is 13.9 Å². The highest BCUT2D eigenvalue weighted by atomic mass is 19.1. The highest BCUT2D eigenvalue weighted by Crippen LogP contribution is 2.22. The molecule has 1 aromatic rings. The van der Waals surface area contributed by atoms with E-state index in [0.717, 1.165) is 18.5 Å². The summed E-state index contributed by atoms with van der Waals surface area (Å²) in [4.78, 5) is 0. The van der Waals surface area contributed by atoms with E-state index >= 15 is 0 Å². The maximum absolute atomic E-state index is 13.3. The minimum Gasteiger partial charge on any atom is -0.502 e. The van der Waals surface area contributed by atoms with Gasteiger partial charge in [0.05, 0.1) is 20.0 Å². The second-order valence-electron chi connectivity index (χ2n) is 3.96. The number of nitrogens with one attached hydrogen (secondary N) is 1. The van der Waals surface area contributed by atoms with Crippen molar-refractivity contribution in [1.29, 1.82) is 0 Å². The highest BCUT2D eigenvalue weighted by molar-refractivity contribution is 5.31. The number of hydrogen-bond acceptors (Lipinski definition) is 3. The summed E-state index contributed by atoms with van der Waals surface area (Å²) < 4.78 is 23.2. The molecule has 0 amide bonds. The smallest absolute Gasteiger partial charge is 0.165 e. The number of ether oxygens (including phenoxy) is 2. The molecule has 0 heterocycles. The van der Waals surface area contributed by atoms with E-state index < -0.39 is 0 Å². The van der Waals surface area contributed by atoms with E-state index in [1.54, 1.807) is 12.1 Å². The van der Waals surface area contributed by atoms with Crippen LogP contribution in [0.1, 0.15) is 24.9 Å². The van der Waals surface area contributed by atoms with Crippen molar-refractivity contribution in [3.8, 4) is 5.75 Å². The largest absolute Gasteiger partial charge is 0.502 e. The van der Waals surface area contributed by atoms with E-state index in [4.69, 9.17) is 9.47 Å². The SMILES string of the molecule is C=COCCCNC(C)c1ccc(F)c(OC)c1. The highest BCUT2D eigenvalue weighted by Gasteiger charge is 2.08. The average molecular weight is 253 g/mol. The van der Waals surface area contributed by atoms with Crippen molar-refractivity contribution in [3.63, 3.8) is 0 Å². The van der Waals surface area contributed by atoms with Gasteiger partial charge in [0.1, 0.15) is 0 Å². The number of halogens is 1. The Kier molecular flexibility index (Phi) is 6.22. The molecule has 18 heavy (non-hydrogen) atoms. The van der Waals surface area contributed by atoms with Gasteiger partial charge < -0.3 is 14.8 Å². The summed E-state index contributed by atoms with van der Waals surface area (Å²) in [6.07, 6.45) is 2.34. The average Bonchev–Trinajstić information content (AvgIpc) is 2.38. The summed E-state index contributed by atoms with van der Waals surface area (Å²) >= 11 is 0. The fourth-order valence-electron chi connectivity index (χ4n) is 1.62. The lowest BCUT2D eigenvalue weighted by Crippen LogP contribution is -2.20. The van der Waals surface area contributed by atoms with Gasteiger partial charge in [0.2, 0.25) is 0 Å². The van der Waals surface area contributed by atoms with Crippen LogP contribution in [0.15, 0.2) is 31.0 Å². The molecule has 1 unspecified atom stereocenters. The molecule has 100 valence electrons. The number of methoxy groups -OCH3 is 1. The molecule has 0 bridgehead atoms. The lowest BCUT2D eigenvalue weighted by atomic mass is 10.1. The Labute approximate surface area is 108 Å². The van der Waals surface area contributed by atoms with Gasteiger partial charge in [-0.15, -0.1) is 0 Å². The normalized spacial score (nSPS) is 11.9. The summed E-state index contributed by atoms with van der Waals surface area (Å²) in [5.74, 6) is -0.0658. The van der Waals surface area contributed by atoms with Gasteiger partial charge in [-0.05, 0) is 37.6 Å². The molecule has 0 aliphatic carbocycles. The molecule has 0 fully saturated rings. The third-order valence-corrected chi connectivity index (χ3v) is 2.68. The van der Waals surface area contributed by atoms with Crippen LogP contribution >= 0.6 is 0 Å². The van der Waals surface area contributed by atoms with E-state index in [1.165, 1.54) is 19.4 Å². The van der Waals surface area contributed by atoms with Crippen LogP contribution in [-0.2, 0) is 4.74 Å². The lowest BCUT2D eigenvalue weighted by Gasteiger charge is -2.15. The van der Waals surface area contributed by atoms with Crippen molar-refractivity contribution in [3.05, 3.63) is 42.4 Å². The van der Waals surface area contributed by atoms with Gasteiger partial charge in [-0.3, -0.25) is 0 Å². The van der Waals surface area contributed by atoms with Gasteiger partial charge in [0.15, 0.2) is 11.6 Å². The Morgan fingerprint density at radius 2 is 2.28 bits per heavy atom. The molecule has 0 saturated heterocycles. The van der Waals surface area contributed by atoms with Crippen LogP contribution in [0.5, 0.6) is 5.75 Å². The Bertz CT molecular complexity index is 382. The van der Waals surface area contributed by atoms with Crippen molar-refractivity contribution in [1.82, 2.24) is 5.32 Å². The van der Waals surface area contributed by atoms with E-state index in [2.05, 4.69) is 11.9 Å². The van der Waals surface area contributed by atoms with Gasteiger partial charge in [0.25, 0.3) is 0 Å². The predicted octanol–water partition coefficient (Wildman–Crippen LogP) is 3.04. The minimum absolute atomic E-state index is 0.142. The monoisotopic (exact) mass is 253 g/mol. The maximum Gasteiger partial charge on any atom is 0.165 e. The van der Waals surface area contributed by atoms with Crippen LogP contribution in [0.4, 0.5) is 4.39 Å². The van der Waals surface area contributed by atoms with Crippen LogP contribution in [-0.4, -0.2) is 20.3 Å². The van der Waals surface area contributed by atoms with Crippen molar-refractivity contribution in [2.45, 2.75) is 19.4 Å². The van der Waals surface area contributed by atoms with Crippen molar-refractivity contribution >= 4 is 0 Å². The molecular weight excluding hydrogens is 233 g/mol. The maximum atomic E-state index is 13.3. The summed E-state index contributed by atoms with van der Waals surface area (Å²) in [6.45, 7) is 6.98. The second-order valence-corrected chi connectivity index (χ2v) is 3.96. The summed E-state index contributed by atoms with van der Waals surface area (Å²) in [5, 5.41) is 3.34. The van der Waals surface area contributed by atoms with Crippen LogP contribution in [0.3, 0.4) is 0 Å². The first-order valence-corrected chi connectivity index (χ1v) is 5.98. The number of benzene rings is 1. The molecular formula is C14H20FNO2. The molecule has 0 saturated carbocycles. The quantitative estimate of drug-likeness (QED) is 0.570. The van der Waals surface area contributed by atoms with E-state index in [9.17, 15) is 4.39 Å². The zero-order valence-corrected chi connectivity index (χ0v) is 10.9. The van der Waals surface area contributed by atoms with Gasteiger partial charge in [-0.1, -0.05) is 12.6 Å². The molecule has 3 nitrogen and oxygen atoms in total. The fourth-order valence-corrected chi connectivity index (χ4v) is 1.62. The van der Waals surface area contributed by atoms with Crippen molar-refractivity contribution in [2.24, 2.45) is 0 Å². The topological polar surface area (TPSA) is 30.5 Å². The van der Waals surface area contributed by atoms with Crippen LogP contribution < -0.4 is 10.1 Å². The summed E-state index contributed by atoms with van der Waals surface area (Å²) in [6, 6.07) is 5.04. The second kappa shape index (κ2) is 7.71. The van der Waals surface area contributed by atoms with E-state index in [-0.39, 0.29) is 17.6 Å². The van der Waals surface area contributed by atoms with Gasteiger partial charge >= 0.3 is 0 Å². The zero-order valence-electron chi connectivity index (χ0n) is 10.9. The fraction of sp³-hybridized carbons (Fsp3) is 0.429. The standard InChI is InChI=1S/C14H20FNO2/c1-4-18-9-5-8-16-11(2)12-6-7-13(15)14(10-12)17-3/h4,6-7,10-11,16H,1,5,8-9H2,2-3H3. The molecule has 1 N–H and O–H groups in total. The third-order valence-electron chi connectivity index (χ3n) is 2.68. The Balaban J connectivity index is 2.45. The molecule has 0 spiro atoms. The van der Waals surface area contributed by atoms with Crippen LogP contribution in [0.2, 0.25) is 0 Å². The first-order valence-electron chi connectivity index (χ1n) is 5.98. The molecule has 4 heteroatoms. The first kappa shape index (κ1) is 14.5. The summed E-state index contributed by atoms with van der Waals surface area (Å²) in [5.41, 5.74) is 0.998. The van der Waals surface area contributed by atoms with Gasteiger partial charge in [0, 0.05) is 6.04 Å². The molecule has 1 rings (SSSR count). The number of hydrogen-bond donors (Lipinski definition) is 1. The Hall–Kier alpha value is -1.55. The zero-order chi connectivity index (χ0) is 13.4.